The van der Waals surface area contributed by atoms with Crippen LogP contribution in [0, 0.1) is 23.2 Å². The second-order valence-corrected chi connectivity index (χ2v) is 9.07. The van der Waals surface area contributed by atoms with Crippen LogP contribution < -0.4 is 0 Å². The van der Waals surface area contributed by atoms with Crippen LogP contribution in [0.1, 0.15) is 64.0 Å². The minimum atomic E-state index is -0.443. The van der Waals surface area contributed by atoms with Crippen LogP contribution in [0.15, 0.2) is 54.3 Å². The minimum absolute atomic E-state index is 0.261. The molecule has 3 heteroatoms. The van der Waals surface area contributed by atoms with E-state index in [9.17, 15) is 5.26 Å². The van der Waals surface area contributed by atoms with Crippen LogP contribution in [0.2, 0.25) is 0 Å². The summed E-state index contributed by atoms with van der Waals surface area (Å²) in [5.74, 6) is 1.86. The van der Waals surface area contributed by atoms with Crippen LogP contribution in [0.25, 0.3) is 6.08 Å². The number of ether oxygens (including phenoxy) is 1. The summed E-state index contributed by atoms with van der Waals surface area (Å²) in [6.45, 7) is 12.4. The molecule has 0 aliphatic heterocycles. The number of nitriles is 1. The van der Waals surface area contributed by atoms with E-state index in [0.717, 1.165) is 62.1 Å². The number of allylic oxidation sites excluding steroid dienone is 3. The van der Waals surface area contributed by atoms with Crippen molar-refractivity contribution in [3.8, 4) is 6.07 Å². The van der Waals surface area contributed by atoms with Gasteiger partial charge in [-0.25, -0.2) is 0 Å². The average molecular weight is 421 g/mol. The SMILES string of the molecule is C=Cc1ccc(C(C#N)(CCCN(C)CCC2C=C(OC)C(CC)=CC2)C(C)C)cc1. The van der Waals surface area contributed by atoms with Gasteiger partial charge < -0.3 is 9.64 Å². The molecule has 0 fully saturated rings. The van der Waals surface area contributed by atoms with Gasteiger partial charge >= 0.3 is 0 Å². The van der Waals surface area contributed by atoms with Gasteiger partial charge in [-0.2, -0.15) is 5.26 Å². The molecule has 0 bridgehead atoms. The van der Waals surface area contributed by atoms with Gasteiger partial charge in [-0.15, -0.1) is 0 Å². The molecule has 1 aromatic rings. The van der Waals surface area contributed by atoms with Crippen LogP contribution in [-0.4, -0.2) is 32.1 Å². The molecule has 0 saturated heterocycles. The maximum absolute atomic E-state index is 10.1. The summed E-state index contributed by atoms with van der Waals surface area (Å²) in [5, 5.41) is 10.1. The van der Waals surface area contributed by atoms with Crippen molar-refractivity contribution in [3.05, 3.63) is 65.5 Å². The van der Waals surface area contributed by atoms with Gasteiger partial charge in [0, 0.05) is 0 Å². The van der Waals surface area contributed by atoms with Crippen LogP contribution in [-0.2, 0) is 10.2 Å². The first-order chi connectivity index (χ1) is 14.9. The molecule has 1 aromatic carbocycles. The molecule has 0 spiro atoms. The molecule has 2 rings (SSSR count). The average Bonchev–Trinajstić information content (AvgIpc) is 2.80. The highest BCUT2D eigenvalue weighted by Crippen LogP contribution is 2.37. The summed E-state index contributed by atoms with van der Waals surface area (Å²) < 4.78 is 5.57. The summed E-state index contributed by atoms with van der Waals surface area (Å²) in [6.07, 6.45) is 11.6. The Morgan fingerprint density at radius 2 is 2.00 bits per heavy atom. The summed E-state index contributed by atoms with van der Waals surface area (Å²) in [6, 6.07) is 11.0. The van der Waals surface area contributed by atoms with E-state index in [-0.39, 0.29) is 5.92 Å². The largest absolute Gasteiger partial charge is 0.497 e. The molecule has 1 aliphatic rings. The normalized spacial score (nSPS) is 18.2. The zero-order chi connectivity index (χ0) is 22.9. The standard InChI is InChI=1S/C28H40N2O/c1-7-23-11-14-26(15-12-23)28(21-29,22(3)4)17-9-18-30(5)19-16-24-10-13-25(8-2)27(20-24)31-6/h7,11-15,20,22,24H,1,8-10,16-19H2,2-6H3. The Bertz CT molecular complexity index is 812. The Morgan fingerprint density at radius 1 is 1.29 bits per heavy atom. The van der Waals surface area contributed by atoms with Gasteiger partial charge in [0.2, 0.25) is 0 Å². The number of hydrogen-bond donors (Lipinski definition) is 0. The van der Waals surface area contributed by atoms with Crippen molar-refractivity contribution in [2.45, 2.75) is 58.3 Å². The fourth-order valence-corrected chi connectivity index (χ4v) is 4.56. The summed E-state index contributed by atoms with van der Waals surface area (Å²) in [5.41, 5.74) is 3.10. The third kappa shape index (κ3) is 6.34. The van der Waals surface area contributed by atoms with Crippen molar-refractivity contribution in [3.63, 3.8) is 0 Å². The topological polar surface area (TPSA) is 36.3 Å². The highest BCUT2D eigenvalue weighted by atomic mass is 16.5. The molecule has 0 aromatic heterocycles. The highest BCUT2D eigenvalue weighted by Gasteiger charge is 2.35. The Hall–Kier alpha value is -2.31. The van der Waals surface area contributed by atoms with Gasteiger partial charge in [-0.1, -0.05) is 63.8 Å². The lowest BCUT2D eigenvalue weighted by Gasteiger charge is -2.32. The lowest BCUT2D eigenvalue weighted by Crippen LogP contribution is -2.32. The second-order valence-electron chi connectivity index (χ2n) is 9.07. The van der Waals surface area contributed by atoms with Gasteiger partial charge in [0.25, 0.3) is 0 Å². The molecule has 168 valence electrons. The van der Waals surface area contributed by atoms with Gasteiger partial charge in [0.1, 0.15) is 5.76 Å². The Morgan fingerprint density at radius 3 is 2.55 bits per heavy atom. The van der Waals surface area contributed by atoms with Crippen molar-refractivity contribution >= 4 is 6.08 Å². The fraction of sp³-hybridized carbons (Fsp3) is 0.536. The molecule has 0 N–H and O–H groups in total. The first-order valence-electron chi connectivity index (χ1n) is 11.7. The number of methoxy groups -OCH3 is 1. The van der Waals surface area contributed by atoms with E-state index in [1.807, 2.05) is 6.08 Å². The van der Waals surface area contributed by atoms with E-state index in [4.69, 9.17) is 4.74 Å². The van der Waals surface area contributed by atoms with E-state index in [0.29, 0.717) is 5.92 Å². The van der Waals surface area contributed by atoms with Gasteiger partial charge in [-0.3, -0.25) is 0 Å². The molecule has 0 saturated carbocycles. The molecule has 2 unspecified atom stereocenters. The monoisotopic (exact) mass is 420 g/mol. The first-order valence-corrected chi connectivity index (χ1v) is 11.7. The Labute approximate surface area is 190 Å². The second kappa shape index (κ2) is 11.9. The van der Waals surface area contributed by atoms with E-state index < -0.39 is 5.41 Å². The molecule has 0 radical (unpaired) electrons. The number of hydrogen-bond acceptors (Lipinski definition) is 3. The van der Waals surface area contributed by atoms with Crippen LogP contribution in [0.5, 0.6) is 0 Å². The number of nitrogens with zero attached hydrogens (tertiary/aromatic N) is 2. The van der Waals surface area contributed by atoms with Crippen LogP contribution in [0.4, 0.5) is 0 Å². The van der Waals surface area contributed by atoms with Crippen LogP contribution in [0.3, 0.4) is 0 Å². The minimum Gasteiger partial charge on any atom is -0.497 e. The van der Waals surface area contributed by atoms with Crippen molar-refractivity contribution in [2.75, 3.05) is 27.2 Å². The lowest BCUT2D eigenvalue weighted by atomic mass is 9.69. The summed E-state index contributed by atoms with van der Waals surface area (Å²) in [4.78, 5) is 2.41. The smallest absolute Gasteiger partial charge is 0.118 e. The first kappa shape index (κ1) is 25.0. The summed E-state index contributed by atoms with van der Waals surface area (Å²) >= 11 is 0. The van der Waals surface area contributed by atoms with E-state index >= 15 is 0 Å². The summed E-state index contributed by atoms with van der Waals surface area (Å²) in [7, 11) is 3.96. The molecule has 3 nitrogen and oxygen atoms in total. The number of benzene rings is 1. The molecule has 1 aliphatic carbocycles. The maximum atomic E-state index is 10.1. The van der Waals surface area contributed by atoms with Gasteiger partial charge in [-0.05, 0) is 86.9 Å². The Balaban J connectivity index is 1.90. The fourth-order valence-electron chi connectivity index (χ4n) is 4.56. The molecular formula is C28H40N2O. The quantitative estimate of drug-likeness (QED) is 0.376. The lowest BCUT2D eigenvalue weighted by molar-refractivity contribution is 0.271. The molecule has 0 heterocycles. The van der Waals surface area contributed by atoms with Crippen molar-refractivity contribution in [1.29, 1.82) is 5.26 Å². The zero-order valence-corrected chi connectivity index (χ0v) is 20.2. The number of rotatable bonds is 12. The third-order valence-corrected chi connectivity index (χ3v) is 6.81. The molecule has 2 atom stereocenters. The van der Waals surface area contributed by atoms with Crippen molar-refractivity contribution in [2.24, 2.45) is 11.8 Å². The Kier molecular flexibility index (Phi) is 9.59. The van der Waals surface area contributed by atoms with E-state index in [1.165, 1.54) is 5.57 Å². The van der Waals surface area contributed by atoms with Gasteiger partial charge in [0.05, 0.1) is 18.6 Å². The molecule has 31 heavy (non-hydrogen) atoms. The highest BCUT2D eigenvalue weighted by molar-refractivity contribution is 5.49. The van der Waals surface area contributed by atoms with E-state index in [1.54, 1.807) is 7.11 Å². The van der Waals surface area contributed by atoms with Crippen molar-refractivity contribution < 1.29 is 4.74 Å². The van der Waals surface area contributed by atoms with Gasteiger partial charge in [0.15, 0.2) is 0 Å². The third-order valence-electron chi connectivity index (χ3n) is 6.81. The van der Waals surface area contributed by atoms with Crippen LogP contribution >= 0.6 is 0 Å². The molecule has 0 amide bonds. The predicted octanol–water partition coefficient (Wildman–Crippen LogP) is 6.74. The zero-order valence-electron chi connectivity index (χ0n) is 20.2. The predicted molar refractivity (Wildman–Crippen MR) is 132 cm³/mol. The molecular weight excluding hydrogens is 380 g/mol. The van der Waals surface area contributed by atoms with E-state index in [2.05, 4.69) is 81.8 Å². The maximum Gasteiger partial charge on any atom is 0.118 e. The van der Waals surface area contributed by atoms with Crippen molar-refractivity contribution in [1.82, 2.24) is 4.90 Å².